The summed E-state index contributed by atoms with van der Waals surface area (Å²) in [5, 5.41) is 3.41. The molecule has 3 nitrogen and oxygen atoms in total. The van der Waals surface area contributed by atoms with Gasteiger partial charge in [0.05, 0.1) is 5.56 Å². The molecular weight excluding hydrogens is 190 g/mol. The van der Waals surface area contributed by atoms with Gasteiger partial charge in [0, 0.05) is 12.4 Å². The van der Waals surface area contributed by atoms with Gasteiger partial charge in [-0.2, -0.15) is 0 Å². The van der Waals surface area contributed by atoms with Crippen LogP contribution in [-0.2, 0) is 0 Å². The van der Waals surface area contributed by atoms with Crippen LogP contribution < -0.4 is 5.32 Å². The maximum absolute atomic E-state index is 11.3. The van der Waals surface area contributed by atoms with Crippen molar-refractivity contribution < 1.29 is 9.21 Å². The fourth-order valence-electron chi connectivity index (χ4n) is 1.29. The van der Waals surface area contributed by atoms with Gasteiger partial charge in [-0.05, 0) is 6.07 Å². The fraction of sp³-hybridized carbons (Fsp3) is 0.250. The van der Waals surface area contributed by atoms with Crippen LogP contribution in [0.2, 0.25) is 0 Å². The van der Waals surface area contributed by atoms with E-state index in [1.165, 1.54) is 6.26 Å². The predicted octanol–water partition coefficient (Wildman–Crippen LogP) is 2.82. The normalized spacial score (nSPS) is 9.27. The Labute approximate surface area is 89.1 Å². The first kappa shape index (κ1) is 11.3. The van der Waals surface area contributed by atoms with Crippen molar-refractivity contribution in [2.45, 2.75) is 13.8 Å². The van der Waals surface area contributed by atoms with Crippen molar-refractivity contribution >= 4 is 16.9 Å². The topological polar surface area (TPSA) is 42.2 Å². The molecule has 1 aromatic carbocycles. The van der Waals surface area contributed by atoms with Gasteiger partial charge in [0.1, 0.15) is 11.8 Å². The molecule has 0 bridgehead atoms. The van der Waals surface area contributed by atoms with Crippen molar-refractivity contribution in [1.82, 2.24) is 5.32 Å². The molecule has 0 saturated heterocycles. The SMILES string of the molecule is CC.CNC(=O)c1coc2ccccc12. The smallest absolute Gasteiger partial charge is 0.254 e. The molecule has 1 N–H and O–H groups in total. The predicted molar refractivity (Wildman–Crippen MR) is 61.0 cm³/mol. The first-order valence-electron chi connectivity index (χ1n) is 5.01. The van der Waals surface area contributed by atoms with E-state index in [1.54, 1.807) is 7.05 Å². The van der Waals surface area contributed by atoms with Crippen molar-refractivity contribution in [2.24, 2.45) is 0 Å². The lowest BCUT2D eigenvalue weighted by atomic mass is 10.2. The summed E-state index contributed by atoms with van der Waals surface area (Å²) in [6, 6.07) is 7.45. The molecule has 0 atom stereocenters. The molecule has 15 heavy (non-hydrogen) atoms. The molecule has 0 fully saturated rings. The third-order valence-electron chi connectivity index (χ3n) is 1.95. The summed E-state index contributed by atoms with van der Waals surface area (Å²) in [4.78, 5) is 11.3. The van der Waals surface area contributed by atoms with Crippen LogP contribution in [0.4, 0.5) is 0 Å². The Kier molecular flexibility index (Phi) is 3.92. The van der Waals surface area contributed by atoms with Crippen LogP contribution in [-0.4, -0.2) is 13.0 Å². The molecule has 1 heterocycles. The molecule has 2 aromatic rings. The zero-order valence-electron chi connectivity index (χ0n) is 9.20. The number of nitrogens with one attached hydrogen (secondary N) is 1. The van der Waals surface area contributed by atoms with E-state index < -0.39 is 0 Å². The van der Waals surface area contributed by atoms with Gasteiger partial charge < -0.3 is 9.73 Å². The number of carbonyl (C=O) groups is 1. The van der Waals surface area contributed by atoms with Crippen molar-refractivity contribution in [1.29, 1.82) is 0 Å². The summed E-state index contributed by atoms with van der Waals surface area (Å²) in [7, 11) is 1.60. The Morgan fingerprint density at radius 1 is 1.27 bits per heavy atom. The quantitative estimate of drug-likeness (QED) is 0.777. The number of benzene rings is 1. The maximum Gasteiger partial charge on any atom is 0.254 e. The van der Waals surface area contributed by atoms with Crippen molar-refractivity contribution in [2.75, 3.05) is 7.05 Å². The van der Waals surface area contributed by atoms with E-state index in [0.717, 1.165) is 11.0 Å². The zero-order valence-corrected chi connectivity index (χ0v) is 9.20. The Morgan fingerprint density at radius 2 is 1.93 bits per heavy atom. The molecule has 0 spiro atoms. The lowest BCUT2D eigenvalue weighted by Crippen LogP contribution is -2.17. The second-order valence-corrected chi connectivity index (χ2v) is 2.72. The van der Waals surface area contributed by atoms with E-state index in [4.69, 9.17) is 4.42 Å². The van der Waals surface area contributed by atoms with E-state index in [0.29, 0.717) is 5.56 Å². The third kappa shape index (κ3) is 2.18. The molecule has 0 unspecified atom stereocenters. The second kappa shape index (κ2) is 5.20. The van der Waals surface area contributed by atoms with Crippen molar-refractivity contribution in [3.8, 4) is 0 Å². The lowest BCUT2D eigenvalue weighted by Gasteiger charge is -1.94. The summed E-state index contributed by atoms with van der Waals surface area (Å²) in [6.07, 6.45) is 1.48. The standard InChI is InChI=1S/C10H9NO2.C2H6/c1-11-10(12)8-6-13-9-5-3-2-4-7(8)9;1-2/h2-6H,1H3,(H,11,12);1-2H3. The van der Waals surface area contributed by atoms with Crippen LogP contribution >= 0.6 is 0 Å². The van der Waals surface area contributed by atoms with Gasteiger partial charge in [-0.15, -0.1) is 0 Å². The third-order valence-corrected chi connectivity index (χ3v) is 1.95. The first-order valence-corrected chi connectivity index (χ1v) is 5.01. The summed E-state index contributed by atoms with van der Waals surface area (Å²) in [5.74, 6) is -0.120. The van der Waals surface area contributed by atoms with Gasteiger partial charge in [0.25, 0.3) is 5.91 Å². The van der Waals surface area contributed by atoms with E-state index in [2.05, 4.69) is 5.32 Å². The van der Waals surface area contributed by atoms with Crippen LogP contribution in [0.5, 0.6) is 0 Å². The number of hydrogen-bond acceptors (Lipinski definition) is 2. The van der Waals surface area contributed by atoms with E-state index in [9.17, 15) is 4.79 Å². The average Bonchev–Trinajstić information content (AvgIpc) is 2.74. The molecule has 3 heteroatoms. The van der Waals surface area contributed by atoms with Gasteiger partial charge in [-0.3, -0.25) is 4.79 Å². The monoisotopic (exact) mass is 205 g/mol. The number of furan rings is 1. The van der Waals surface area contributed by atoms with Gasteiger partial charge in [-0.25, -0.2) is 0 Å². The molecule has 0 radical (unpaired) electrons. The second-order valence-electron chi connectivity index (χ2n) is 2.72. The molecular formula is C12H15NO2. The molecule has 0 aliphatic carbocycles. The summed E-state index contributed by atoms with van der Waals surface area (Å²) >= 11 is 0. The van der Waals surface area contributed by atoms with Crippen LogP contribution in [0.3, 0.4) is 0 Å². The van der Waals surface area contributed by atoms with Crippen LogP contribution in [0.1, 0.15) is 24.2 Å². The highest BCUT2D eigenvalue weighted by molar-refractivity contribution is 6.05. The number of para-hydroxylation sites is 1. The highest BCUT2D eigenvalue weighted by atomic mass is 16.3. The highest BCUT2D eigenvalue weighted by Gasteiger charge is 2.10. The zero-order chi connectivity index (χ0) is 11.3. The summed E-state index contributed by atoms with van der Waals surface area (Å²) < 4.78 is 5.21. The number of hydrogen-bond donors (Lipinski definition) is 1. The summed E-state index contributed by atoms with van der Waals surface area (Å²) in [5.41, 5.74) is 1.32. The lowest BCUT2D eigenvalue weighted by molar-refractivity contribution is 0.0964. The molecule has 0 aliphatic rings. The average molecular weight is 205 g/mol. The minimum atomic E-state index is -0.120. The van der Waals surface area contributed by atoms with Crippen LogP contribution in [0.25, 0.3) is 11.0 Å². The Bertz CT molecular complexity index is 446. The highest BCUT2D eigenvalue weighted by Crippen LogP contribution is 2.20. The molecule has 0 aliphatic heterocycles. The van der Waals surface area contributed by atoms with Gasteiger partial charge in [0.15, 0.2) is 0 Å². The number of amides is 1. The van der Waals surface area contributed by atoms with E-state index in [-0.39, 0.29) is 5.91 Å². The fourth-order valence-corrected chi connectivity index (χ4v) is 1.29. The Balaban J connectivity index is 0.000000531. The van der Waals surface area contributed by atoms with Gasteiger partial charge >= 0.3 is 0 Å². The molecule has 1 aromatic heterocycles. The first-order chi connectivity index (χ1) is 7.33. The molecule has 80 valence electrons. The van der Waals surface area contributed by atoms with Crippen molar-refractivity contribution in [3.05, 3.63) is 36.1 Å². The van der Waals surface area contributed by atoms with E-state index in [1.807, 2.05) is 38.1 Å². The van der Waals surface area contributed by atoms with Crippen LogP contribution in [0.15, 0.2) is 34.9 Å². The molecule has 2 rings (SSSR count). The van der Waals surface area contributed by atoms with Gasteiger partial charge in [-0.1, -0.05) is 32.0 Å². The number of fused-ring (bicyclic) bond motifs is 1. The minimum Gasteiger partial charge on any atom is -0.463 e. The van der Waals surface area contributed by atoms with Crippen molar-refractivity contribution in [3.63, 3.8) is 0 Å². The van der Waals surface area contributed by atoms with E-state index >= 15 is 0 Å². The number of rotatable bonds is 1. The minimum absolute atomic E-state index is 0.120. The summed E-state index contributed by atoms with van der Waals surface area (Å²) in [6.45, 7) is 4.00. The molecule has 1 amide bonds. The van der Waals surface area contributed by atoms with Gasteiger partial charge in [0.2, 0.25) is 0 Å². The number of carbonyl (C=O) groups excluding carboxylic acids is 1. The largest absolute Gasteiger partial charge is 0.463 e. The Hall–Kier alpha value is -1.77. The molecule has 0 saturated carbocycles. The maximum atomic E-state index is 11.3. The van der Waals surface area contributed by atoms with Crippen LogP contribution in [0, 0.1) is 0 Å². The Morgan fingerprint density at radius 3 is 2.60 bits per heavy atom.